The maximum absolute atomic E-state index is 13.2. The molecule has 4 aromatic carbocycles. The predicted octanol–water partition coefficient (Wildman–Crippen LogP) is 7.67. The van der Waals surface area contributed by atoms with Crippen molar-refractivity contribution in [2.45, 2.75) is 136 Å². The minimum absolute atomic E-state index is 0. The standard InChI is InChI=1S/C19H25NO5.C18H24N2O5.C18H23NO5.C12H15NO3.4H2S/c1-13-11-25-16-9-14(17(21)24-3)5-6-15(16)10-20(13)18(22)19(12-23-2)7-4-8-19;1-12-10-25-15-8-13(16(21)19-23)4-5-14(15)9-20(12)17(22)18(11-24-2)6-3-7-18;1-12-10-24-15-8-13(16(21)23-2)4-5-14(15)9-19(12)17(22)18(11-20)6-3-7-18;1-8-7-16-11-5-9(12(14)15-2)3-4-10(11)6-13-8;;;;/h5-6,9,13H,4,7-8,10-12H2,1-3H3;4-5,8,12,23H,3,6-7,9-11H2,1-2H3,(H,19,21);4-5,8,12,20H,3,6-7,9-11H2,1-2H3;3-5,8,13H,6-7H2,1-2H3;4*1H2/t13-;2*12-;8-;;;;/m0000..../s1. The van der Waals surface area contributed by atoms with Crippen LogP contribution in [0.3, 0.4) is 0 Å². The molecule has 0 bridgehead atoms. The molecule has 3 saturated carbocycles. The van der Waals surface area contributed by atoms with Gasteiger partial charge in [-0.05, 0) is 115 Å². The van der Waals surface area contributed by atoms with Gasteiger partial charge in [-0.1, -0.05) is 43.5 Å². The van der Waals surface area contributed by atoms with E-state index in [1.807, 2.05) is 42.7 Å². The van der Waals surface area contributed by atoms with Gasteiger partial charge in [0.15, 0.2) is 0 Å². The Bertz CT molecular complexity index is 3130. The van der Waals surface area contributed by atoms with E-state index < -0.39 is 28.7 Å². The minimum atomic E-state index is -0.620. The maximum atomic E-state index is 13.2. The van der Waals surface area contributed by atoms with Crippen molar-refractivity contribution < 1.29 is 86.5 Å². The fourth-order valence-corrected chi connectivity index (χ4v) is 12.1. The van der Waals surface area contributed by atoms with Crippen molar-refractivity contribution >= 4 is 95.5 Å². The third kappa shape index (κ3) is 18.2. The number of hydrogen-bond acceptors (Lipinski definition) is 19. The van der Waals surface area contributed by atoms with E-state index in [0.29, 0.717) is 105 Å². The summed E-state index contributed by atoms with van der Waals surface area (Å²) in [5.41, 5.74) is 5.57. The molecule has 4 N–H and O–H groups in total. The first-order valence-electron chi connectivity index (χ1n) is 30.7. The van der Waals surface area contributed by atoms with E-state index in [2.05, 4.69) is 17.0 Å². The maximum Gasteiger partial charge on any atom is 0.337 e. The highest BCUT2D eigenvalue weighted by atomic mass is 32.1. The number of carbonyl (C=O) groups is 7. The number of carbonyl (C=O) groups excluding carboxylic acids is 7. The summed E-state index contributed by atoms with van der Waals surface area (Å²) >= 11 is 0. The lowest BCUT2D eigenvalue weighted by Crippen LogP contribution is -2.53. The zero-order chi connectivity index (χ0) is 64.9. The van der Waals surface area contributed by atoms with Crippen molar-refractivity contribution in [3.8, 4) is 23.0 Å². The summed E-state index contributed by atoms with van der Waals surface area (Å²) in [6.45, 7) is 12.5. The van der Waals surface area contributed by atoms with Crippen molar-refractivity contribution in [1.29, 1.82) is 0 Å². The second-order valence-electron chi connectivity index (χ2n) is 24.5. The van der Waals surface area contributed by atoms with Crippen LogP contribution in [0, 0.1) is 16.2 Å². The highest BCUT2D eigenvalue weighted by molar-refractivity contribution is 7.59. The molecule has 0 saturated heterocycles. The number of fused-ring (bicyclic) bond motifs is 4. The van der Waals surface area contributed by atoms with Gasteiger partial charge < -0.3 is 67.8 Å². The number of hydroxylamine groups is 1. The predicted molar refractivity (Wildman–Crippen MR) is 369 cm³/mol. The number of nitrogens with one attached hydrogen (secondary N) is 2. The SMILES string of the molecule is COC(=O)c1ccc2c(c1)OC[C@H](C)N(C(=O)C1(CO)CCC1)C2.COC(=O)c1ccc2c(c1)OC[C@H](C)NC2.COCC1(C(=O)N2Cc3ccc(C(=O)NO)cc3OC[C@@H]2C)CCC1.COCC1(C(=O)N2Cc3ccc(C(=O)OC)cc3OC[C@@H]2C)CCC1.S.S.S.S. The first kappa shape index (κ1) is 80.0. The van der Waals surface area contributed by atoms with Crippen LogP contribution >= 0.6 is 54.0 Å². The molecule has 3 aliphatic carbocycles. The molecular weight excluding hydrogens is 1290 g/mol. The number of hydrogen-bond donors (Lipinski definition) is 4. The molecule has 11 rings (SSSR count). The zero-order valence-corrected chi connectivity index (χ0v) is 59.1. The normalized spacial score (nSPS) is 20.2. The lowest BCUT2D eigenvalue weighted by atomic mass is 9.68. The number of rotatable bonds is 12. The molecule has 4 amide bonds. The molecule has 0 unspecified atom stereocenters. The van der Waals surface area contributed by atoms with Crippen molar-refractivity contribution in [3.63, 3.8) is 0 Å². The van der Waals surface area contributed by atoms with Crippen LogP contribution in [-0.2, 0) is 64.2 Å². The van der Waals surface area contributed by atoms with Gasteiger partial charge in [-0.3, -0.25) is 24.4 Å². The molecule has 7 aliphatic rings. The Kier molecular flexibility index (Phi) is 30.7. The van der Waals surface area contributed by atoms with Crippen LogP contribution in [0.1, 0.15) is 149 Å². The van der Waals surface area contributed by atoms with Gasteiger partial charge in [0.25, 0.3) is 5.91 Å². The summed E-state index contributed by atoms with van der Waals surface area (Å²) in [5, 5.41) is 21.8. The summed E-state index contributed by atoms with van der Waals surface area (Å²) in [4.78, 5) is 91.2. The summed E-state index contributed by atoms with van der Waals surface area (Å²) in [5.74, 6) is 1.08. The van der Waals surface area contributed by atoms with Gasteiger partial charge >= 0.3 is 17.9 Å². The highest BCUT2D eigenvalue weighted by Crippen LogP contribution is 2.46. The number of nitrogens with zero attached hydrogens (tertiary/aromatic N) is 3. The van der Waals surface area contributed by atoms with Gasteiger partial charge in [-0.25, -0.2) is 19.9 Å². The average molecular weight is 1390 g/mol. The summed E-state index contributed by atoms with van der Waals surface area (Å²) in [6.07, 6.45) is 8.01. The number of aliphatic hydroxyl groups is 1. The second kappa shape index (κ2) is 36.1. The quantitative estimate of drug-likeness (QED) is 0.0458. The minimum Gasteiger partial charge on any atom is -0.492 e. The van der Waals surface area contributed by atoms with Crippen LogP contribution in [0.25, 0.3) is 0 Å². The third-order valence-corrected chi connectivity index (χ3v) is 18.3. The molecule has 23 nitrogen and oxygen atoms in total. The van der Waals surface area contributed by atoms with Crippen LogP contribution in [-0.4, -0.2) is 173 Å². The van der Waals surface area contributed by atoms with Crippen LogP contribution < -0.4 is 29.7 Å². The van der Waals surface area contributed by atoms with Gasteiger partial charge in [0.1, 0.15) is 49.4 Å². The summed E-state index contributed by atoms with van der Waals surface area (Å²) in [6, 6.07) is 20.8. The van der Waals surface area contributed by atoms with Gasteiger partial charge in [-0.2, -0.15) is 54.0 Å². The fourth-order valence-electron chi connectivity index (χ4n) is 12.1. The first-order valence-corrected chi connectivity index (χ1v) is 30.7. The smallest absolute Gasteiger partial charge is 0.337 e. The van der Waals surface area contributed by atoms with Crippen LogP contribution in [0.15, 0.2) is 72.8 Å². The van der Waals surface area contributed by atoms with E-state index in [1.165, 1.54) is 21.3 Å². The van der Waals surface area contributed by atoms with Crippen molar-refractivity contribution in [1.82, 2.24) is 25.5 Å². The zero-order valence-electron chi connectivity index (χ0n) is 55.1. The number of ether oxygens (including phenoxy) is 9. The monoisotopic (exact) mass is 1390 g/mol. The average Bonchev–Trinajstić information content (AvgIpc) is 1.27. The van der Waals surface area contributed by atoms with E-state index in [9.17, 15) is 38.7 Å². The highest BCUT2D eigenvalue weighted by Gasteiger charge is 2.50. The number of methoxy groups -OCH3 is 5. The van der Waals surface area contributed by atoms with E-state index in [-0.39, 0.29) is 108 Å². The van der Waals surface area contributed by atoms with Crippen LogP contribution in [0.4, 0.5) is 0 Å². The molecule has 0 spiro atoms. The molecule has 27 heteroatoms. The summed E-state index contributed by atoms with van der Waals surface area (Å²) in [7, 11) is 7.34. The summed E-state index contributed by atoms with van der Waals surface area (Å²) < 4.78 is 47.9. The first-order chi connectivity index (χ1) is 43.2. The number of amides is 4. The number of aliphatic hydroxyl groups excluding tert-OH is 1. The third-order valence-electron chi connectivity index (χ3n) is 18.3. The largest absolute Gasteiger partial charge is 0.492 e. The topological polar surface area (TPSA) is 277 Å². The van der Waals surface area contributed by atoms with E-state index >= 15 is 0 Å². The van der Waals surface area contributed by atoms with Crippen LogP contribution in [0.5, 0.6) is 23.0 Å². The molecular formula is C67H95N5O18S4. The Balaban J connectivity index is 0.000000266. The lowest BCUT2D eigenvalue weighted by Gasteiger charge is -2.44. The Hall–Kier alpha value is -6.43. The van der Waals surface area contributed by atoms with Crippen molar-refractivity contribution in [3.05, 3.63) is 117 Å². The molecule has 4 aliphatic heterocycles. The fraction of sp³-hybridized carbons (Fsp3) is 0.537. The Morgan fingerprint density at radius 3 is 1.10 bits per heavy atom. The Morgan fingerprint density at radius 1 is 0.479 bits per heavy atom. The molecule has 3 fully saturated rings. The van der Waals surface area contributed by atoms with Gasteiger partial charge in [0.2, 0.25) is 17.7 Å². The van der Waals surface area contributed by atoms with Gasteiger partial charge in [0.05, 0.1) is 92.2 Å². The molecule has 4 aromatic rings. The second-order valence-corrected chi connectivity index (χ2v) is 24.5. The van der Waals surface area contributed by atoms with Gasteiger partial charge in [0, 0.05) is 74.3 Å². The number of benzene rings is 4. The Labute approximate surface area is 578 Å². The molecule has 0 aromatic heterocycles. The number of esters is 3. The molecule has 4 atom stereocenters. The lowest BCUT2D eigenvalue weighted by molar-refractivity contribution is -0.156. The molecule has 4 heterocycles. The molecule has 520 valence electrons. The van der Waals surface area contributed by atoms with E-state index in [4.69, 9.17) is 43.1 Å². The van der Waals surface area contributed by atoms with Gasteiger partial charge in [-0.15, -0.1) is 0 Å². The molecule has 94 heavy (non-hydrogen) atoms. The van der Waals surface area contributed by atoms with Crippen LogP contribution in [0.2, 0.25) is 0 Å². The molecule has 0 radical (unpaired) electrons. The van der Waals surface area contributed by atoms with Crippen molar-refractivity contribution in [2.75, 3.05) is 81.8 Å². The van der Waals surface area contributed by atoms with E-state index in [0.717, 1.165) is 92.3 Å². The van der Waals surface area contributed by atoms with Crippen molar-refractivity contribution in [2.24, 2.45) is 16.2 Å². The van der Waals surface area contributed by atoms with E-state index in [1.54, 1.807) is 85.3 Å². The Morgan fingerprint density at radius 2 is 0.787 bits per heavy atom.